The van der Waals surface area contributed by atoms with Gasteiger partial charge in [0.05, 0.1) is 11.0 Å². The lowest BCUT2D eigenvalue weighted by atomic mass is 9.74. The first kappa shape index (κ1) is 16.0. The molecule has 0 bridgehead atoms. The van der Waals surface area contributed by atoms with E-state index >= 15 is 0 Å². The van der Waals surface area contributed by atoms with Gasteiger partial charge in [0.2, 0.25) is 5.91 Å². The molecule has 0 aromatic rings. The minimum Gasteiger partial charge on any atom is -0.481 e. The molecule has 0 aliphatic heterocycles. The number of carboxylic acid groups (broad SMARTS) is 1. The van der Waals surface area contributed by atoms with Crippen LogP contribution in [0, 0.1) is 5.41 Å². The zero-order chi connectivity index (χ0) is 14.5. The predicted octanol–water partition coefficient (Wildman–Crippen LogP) is 1.66. The van der Waals surface area contributed by atoms with Gasteiger partial charge in [0.1, 0.15) is 0 Å². The van der Waals surface area contributed by atoms with Gasteiger partial charge in [-0.3, -0.25) is 9.59 Å². The Labute approximate surface area is 114 Å². The minimum absolute atomic E-state index is 0.195. The van der Waals surface area contributed by atoms with Crippen LogP contribution in [0.2, 0.25) is 0 Å². The van der Waals surface area contributed by atoms with Crippen LogP contribution in [0.3, 0.4) is 0 Å². The first-order valence-corrected chi connectivity index (χ1v) is 7.21. The molecule has 5 nitrogen and oxygen atoms in total. The average Bonchev–Trinajstić information content (AvgIpc) is 2.44. The Morgan fingerprint density at radius 3 is 2.16 bits per heavy atom. The molecule has 1 aliphatic carbocycles. The molecule has 0 heterocycles. The summed E-state index contributed by atoms with van der Waals surface area (Å²) in [7, 11) is 0. The van der Waals surface area contributed by atoms with Gasteiger partial charge in [0.15, 0.2) is 0 Å². The lowest BCUT2D eigenvalue weighted by molar-refractivity contribution is -0.151. The lowest BCUT2D eigenvalue weighted by Crippen LogP contribution is -2.56. The summed E-state index contributed by atoms with van der Waals surface area (Å²) in [5, 5.41) is 12.2. The standard InChI is InChI=1S/C14H26N2O3/c1-3-14(15,4-2)11(17)16-10-13(12(18)19)8-6-5-7-9-13/h3-10,15H2,1-2H3,(H,16,17)(H,18,19). The Morgan fingerprint density at radius 1 is 1.21 bits per heavy atom. The highest BCUT2D eigenvalue weighted by atomic mass is 16.4. The fourth-order valence-electron chi connectivity index (χ4n) is 2.69. The van der Waals surface area contributed by atoms with Gasteiger partial charge in [0.25, 0.3) is 0 Å². The van der Waals surface area contributed by atoms with E-state index < -0.39 is 16.9 Å². The van der Waals surface area contributed by atoms with E-state index in [1.165, 1.54) is 0 Å². The van der Waals surface area contributed by atoms with Gasteiger partial charge in [-0.2, -0.15) is 0 Å². The summed E-state index contributed by atoms with van der Waals surface area (Å²) in [5.41, 5.74) is 4.34. The van der Waals surface area contributed by atoms with E-state index in [2.05, 4.69) is 5.32 Å². The Balaban J connectivity index is 2.67. The van der Waals surface area contributed by atoms with Gasteiger partial charge in [0, 0.05) is 6.54 Å². The maximum atomic E-state index is 12.1. The molecule has 1 aliphatic rings. The van der Waals surface area contributed by atoms with Gasteiger partial charge in [-0.1, -0.05) is 33.1 Å². The van der Waals surface area contributed by atoms with Crippen LogP contribution >= 0.6 is 0 Å². The van der Waals surface area contributed by atoms with Crippen molar-refractivity contribution in [2.75, 3.05) is 6.54 Å². The van der Waals surface area contributed by atoms with Gasteiger partial charge in [-0.15, -0.1) is 0 Å². The fraction of sp³-hybridized carbons (Fsp3) is 0.857. The normalized spacial score (nSPS) is 18.9. The van der Waals surface area contributed by atoms with Crippen molar-refractivity contribution in [1.82, 2.24) is 5.32 Å². The second-order valence-electron chi connectivity index (χ2n) is 5.69. The van der Waals surface area contributed by atoms with Gasteiger partial charge in [-0.25, -0.2) is 0 Å². The van der Waals surface area contributed by atoms with Gasteiger partial charge >= 0.3 is 5.97 Å². The molecule has 0 spiro atoms. The zero-order valence-corrected chi connectivity index (χ0v) is 12.0. The van der Waals surface area contributed by atoms with Crippen LogP contribution < -0.4 is 11.1 Å². The highest BCUT2D eigenvalue weighted by molar-refractivity contribution is 5.86. The van der Waals surface area contributed by atoms with Crippen LogP contribution in [-0.4, -0.2) is 29.1 Å². The Morgan fingerprint density at radius 2 is 1.74 bits per heavy atom. The topological polar surface area (TPSA) is 92.4 Å². The number of hydrogen-bond donors (Lipinski definition) is 3. The minimum atomic E-state index is -0.881. The number of carbonyl (C=O) groups excluding carboxylic acids is 1. The van der Waals surface area contributed by atoms with Gasteiger partial charge < -0.3 is 16.2 Å². The molecule has 0 aromatic heterocycles. The van der Waals surface area contributed by atoms with Crippen LogP contribution in [0.15, 0.2) is 0 Å². The summed E-state index contributed by atoms with van der Waals surface area (Å²) < 4.78 is 0. The summed E-state index contributed by atoms with van der Waals surface area (Å²) in [6.45, 7) is 3.94. The van der Waals surface area contributed by atoms with Crippen molar-refractivity contribution in [1.29, 1.82) is 0 Å². The smallest absolute Gasteiger partial charge is 0.311 e. The summed E-state index contributed by atoms with van der Waals surface area (Å²) >= 11 is 0. The van der Waals surface area contributed by atoms with E-state index in [1.807, 2.05) is 13.8 Å². The van der Waals surface area contributed by atoms with Crippen LogP contribution in [0.5, 0.6) is 0 Å². The number of hydrogen-bond acceptors (Lipinski definition) is 3. The molecule has 5 heteroatoms. The summed E-state index contributed by atoms with van der Waals surface area (Å²) in [5.74, 6) is -1.04. The monoisotopic (exact) mass is 270 g/mol. The fourth-order valence-corrected chi connectivity index (χ4v) is 2.69. The molecule has 1 fully saturated rings. The quantitative estimate of drug-likeness (QED) is 0.684. The SMILES string of the molecule is CCC(N)(CC)C(=O)NCC1(C(=O)O)CCCCC1. The molecular formula is C14H26N2O3. The Kier molecular flexibility index (Phi) is 5.35. The predicted molar refractivity (Wildman–Crippen MR) is 73.7 cm³/mol. The number of nitrogens with one attached hydrogen (secondary N) is 1. The van der Waals surface area contributed by atoms with Crippen molar-refractivity contribution in [3.8, 4) is 0 Å². The van der Waals surface area contributed by atoms with Crippen molar-refractivity contribution in [3.63, 3.8) is 0 Å². The molecule has 1 rings (SSSR count). The maximum Gasteiger partial charge on any atom is 0.311 e. The summed E-state index contributed by atoms with van der Waals surface area (Å²) in [6.07, 6.45) is 5.28. The molecule has 0 saturated heterocycles. The number of rotatable bonds is 6. The van der Waals surface area contributed by atoms with E-state index in [0.717, 1.165) is 19.3 Å². The van der Waals surface area contributed by atoms with Crippen LogP contribution in [0.25, 0.3) is 0 Å². The van der Waals surface area contributed by atoms with Crippen LogP contribution in [0.1, 0.15) is 58.8 Å². The largest absolute Gasteiger partial charge is 0.481 e. The summed E-state index contributed by atoms with van der Waals surface area (Å²) in [6, 6.07) is 0. The van der Waals surface area contributed by atoms with E-state index in [-0.39, 0.29) is 12.5 Å². The van der Waals surface area contributed by atoms with E-state index in [4.69, 9.17) is 5.73 Å². The number of nitrogens with two attached hydrogens (primary N) is 1. The number of carboxylic acids is 1. The van der Waals surface area contributed by atoms with Crippen molar-refractivity contribution in [2.24, 2.45) is 11.1 Å². The highest BCUT2D eigenvalue weighted by Crippen LogP contribution is 2.36. The maximum absolute atomic E-state index is 12.1. The lowest BCUT2D eigenvalue weighted by Gasteiger charge is -2.34. The first-order valence-electron chi connectivity index (χ1n) is 7.21. The second-order valence-corrected chi connectivity index (χ2v) is 5.69. The van der Waals surface area contributed by atoms with E-state index in [9.17, 15) is 14.7 Å². The van der Waals surface area contributed by atoms with Crippen molar-refractivity contribution < 1.29 is 14.7 Å². The van der Waals surface area contributed by atoms with Crippen molar-refractivity contribution in [2.45, 2.75) is 64.3 Å². The molecule has 0 unspecified atom stereocenters. The zero-order valence-electron chi connectivity index (χ0n) is 12.0. The molecule has 1 amide bonds. The van der Waals surface area contributed by atoms with Crippen molar-refractivity contribution >= 4 is 11.9 Å². The van der Waals surface area contributed by atoms with Crippen LogP contribution in [-0.2, 0) is 9.59 Å². The third kappa shape index (κ3) is 3.47. The Bertz CT molecular complexity index is 332. The number of amides is 1. The molecule has 1 saturated carbocycles. The van der Waals surface area contributed by atoms with E-state index in [1.54, 1.807) is 0 Å². The molecule has 19 heavy (non-hydrogen) atoms. The first-order chi connectivity index (χ1) is 8.90. The molecule has 0 aromatic carbocycles. The summed E-state index contributed by atoms with van der Waals surface area (Å²) in [4.78, 5) is 23.6. The van der Waals surface area contributed by atoms with Crippen LogP contribution in [0.4, 0.5) is 0 Å². The number of carbonyl (C=O) groups is 2. The second kappa shape index (κ2) is 6.37. The van der Waals surface area contributed by atoms with E-state index in [0.29, 0.717) is 25.7 Å². The highest BCUT2D eigenvalue weighted by Gasteiger charge is 2.41. The molecular weight excluding hydrogens is 244 g/mol. The third-order valence-electron chi connectivity index (χ3n) is 4.57. The van der Waals surface area contributed by atoms with Gasteiger partial charge in [-0.05, 0) is 25.7 Å². The van der Waals surface area contributed by atoms with Crippen molar-refractivity contribution in [3.05, 3.63) is 0 Å². The average molecular weight is 270 g/mol. The number of aliphatic carboxylic acids is 1. The molecule has 4 N–H and O–H groups in total. The molecule has 110 valence electrons. The molecule has 0 atom stereocenters. The Hall–Kier alpha value is -1.10. The third-order valence-corrected chi connectivity index (χ3v) is 4.57. The molecule has 0 radical (unpaired) electrons.